The summed E-state index contributed by atoms with van der Waals surface area (Å²) in [4.78, 5) is 6.52. The van der Waals surface area contributed by atoms with Crippen LogP contribution in [0.2, 0.25) is 10.0 Å². The van der Waals surface area contributed by atoms with Crippen LogP contribution in [-0.2, 0) is 0 Å². The molecule has 0 saturated carbocycles. The van der Waals surface area contributed by atoms with Crippen LogP contribution in [-0.4, -0.2) is 35.3 Å². The van der Waals surface area contributed by atoms with E-state index in [1.165, 1.54) is 0 Å². The molecule has 2 aromatic rings. The minimum absolute atomic E-state index is 0.101. The Labute approximate surface area is 150 Å². The predicted molar refractivity (Wildman–Crippen MR) is 94.8 cm³/mol. The summed E-state index contributed by atoms with van der Waals surface area (Å²) in [5.74, 6) is 1.88. The van der Waals surface area contributed by atoms with Crippen LogP contribution in [0.4, 0.5) is 11.5 Å². The molecule has 0 aliphatic carbocycles. The lowest BCUT2D eigenvalue weighted by Crippen LogP contribution is -2.45. The van der Waals surface area contributed by atoms with Crippen LogP contribution in [0.3, 0.4) is 0 Å². The van der Waals surface area contributed by atoms with Crippen LogP contribution >= 0.6 is 23.2 Å². The Hall–Kier alpha value is -1.53. The highest BCUT2D eigenvalue weighted by Gasteiger charge is 2.35. The number of aromatic nitrogens is 1. The number of hydrogen-bond donors (Lipinski definition) is 2. The molecule has 0 bridgehead atoms. The van der Waals surface area contributed by atoms with E-state index in [4.69, 9.17) is 27.9 Å². The number of rotatable bonds is 1. The molecule has 4 rings (SSSR count). The summed E-state index contributed by atoms with van der Waals surface area (Å²) in [5, 5.41) is 15.0. The summed E-state index contributed by atoms with van der Waals surface area (Å²) in [5.41, 5.74) is 0.854. The molecule has 1 aromatic heterocycles. The standard InChI is InChI=1S/C17H17Cl2N3O2/c18-10-3-4-13-15(6-10)24-16-7-11(19)8-21-17(16)22(13)12-2-1-5-20-9-14(12)23/h3-4,6-8,12,14,20,23H,1-2,5,9H2/t12-,14-/m0/s1. The van der Waals surface area contributed by atoms with Crippen LogP contribution in [0.15, 0.2) is 30.5 Å². The van der Waals surface area contributed by atoms with Crippen LogP contribution in [0.1, 0.15) is 12.8 Å². The fourth-order valence-corrected chi connectivity index (χ4v) is 3.63. The Morgan fingerprint density at radius 3 is 2.92 bits per heavy atom. The van der Waals surface area contributed by atoms with Crippen LogP contribution in [0, 0.1) is 0 Å². The Kier molecular flexibility index (Phi) is 4.26. The van der Waals surface area contributed by atoms with Gasteiger partial charge in [-0.15, -0.1) is 0 Å². The third-order valence-corrected chi connectivity index (χ3v) is 4.85. The number of benzene rings is 1. The van der Waals surface area contributed by atoms with Gasteiger partial charge in [-0.25, -0.2) is 4.98 Å². The lowest BCUT2D eigenvalue weighted by Gasteiger charge is -2.39. The highest BCUT2D eigenvalue weighted by molar-refractivity contribution is 6.31. The van der Waals surface area contributed by atoms with Gasteiger partial charge < -0.3 is 20.1 Å². The van der Waals surface area contributed by atoms with Gasteiger partial charge in [-0.3, -0.25) is 0 Å². The molecule has 0 radical (unpaired) electrons. The van der Waals surface area contributed by atoms with Crippen molar-refractivity contribution < 1.29 is 9.84 Å². The maximum Gasteiger partial charge on any atom is 0.177 e. The maximum absolute atomic E-state index is 10.6. The minimum Gasteiger partial charge on any atom is -0.451 e. The monoisotopic (exact) mass is 365 g/mol. The molecule has 2 atom stereocenters. The largest absolute Gasteiger partial charge is 0.451 e. The molecule has 3 heterocycles. The number of anilines is 2. The van der Waals surface area contributed by atoms with Crippen molar-refractivity contribution in [2.75, 3.05) is 18.0 Å². The SMILES string of the molecule is O[C@H]1CNCCC[C@@H]1N1c2ccc(Cl)cc2Oc2cc(Cl)cnc21. The number of nitrogens with zero attached hydrogens (tertiary/aromatic N) is 2. The summed E-state index contributed by atoms with van der Waals surface area (Å²) >= 11 is 12.2. The number of fused-ring (bicyclic) bond motifs is 2. The molecule has 1 aromatic carbocycles. The lowest BCUT2D eigenvalue weighted by atomic mass is 10.0. The minimum atomic E-state index is -0.514. The van der Waals surface area contributed by atoms with Crippen molar-refractivity contribution in [3.05, 3.63) is 40.5 Å². The van der Waals surface area contributed by atoms with Gasteiger partial charge in [0, 0.05) is 29.9 Å². The summed E-state index contributed by atoms with van der Waals surface area (Å²) in [6.07, 6.45) is 2.91. The van der Waals surface area contributed by atoms with Crippen molar-refractivity contribution in [2.45, 2.75) is 25.0 Å². The van der Waals surface area contributed by atoms with E-state index in [2.05, 4.69) is 15.2 Å². The van der Waals surface area contributed by atoms with Gasteiger partial charge in [0.1, 0.15) is 0 Å². The normalized spacial score (nSPS) is 23.0. The molecular weight excluding hydrogens is 349 g/mol. The molecule has 0 amide bonds. The molecule has 2 N–H and O–H groups in total. The molecular formula is C17H17Cl2N3O2. The maximum atomic E-state index is 10.6. The first-order chi connectivity index (χ1) is 11.6. The molecule has 24 heavy (non-hydrogen) atoms. The van der Waals surface area contributed by atoms with Gasteiger partial charge in [0.15, 0.2) is 17.3 Å². The zero-order valence-electron chi connectivity index (χ0n) is 12.9. The third kappa shape index (κ3) is 2.82. The molecule has 2 aliphatic rings. The van der Waals surface area contributed by atoms with Gasteiger partial charge in [0.05, 0.1) is 22.9 Å². The molecule has 0 spiro atoms. The van der Waals surface area contributed by atoms with E-state index in [1.54, 1.807) is 18.3 Å². The van der Waals surface area contributed by atoms with Crippen molar-refractivity contribution in [2.24, 2.45) is 0 Å². The molecule has 5 nitrogen and oxygen atoms in total. The van der Waals surface area contributed by atoms with Crippen LogP contribution in [0.5, 0.6) is 11.5 Å². The Bertz CT molecular complexity index is 720. The van der Waals surface area contributed by atoms with Crippen molar-refractivity contribution in [3.8, 4) is 11.5 Å². The Balaban J connectivity index is 1.85. The van der Waals surface area contributed by atoms with Crippen molar-refractivity contribution in [3.63, 3.8) is 0 Å². The van der Waals surface area contributed by atoms with Gasteiger partial charge >= 0.3 is 0 Å². The zero-order chi connectivity index (χ0) is 16.7. The predicted octanol–water partition coefficient (Wildman–Crippen LogP) is 3.75. The molecule has 2 aliphatic heterocycles. The second-order valence-corrected chi connectivity index (χ2v) is 6.91. The van der Waals surface area contributed by atoms with Crippen molar-refractivity contribution >= 4 is 34.7 Å². The van der Waals surface area contributed by atoms with E-state index in [1.807, 2.05) is 12.1 Å². The number of aliphatic hydroxyl groups excluding tert-OH is 1. The number of nitrogens with one attached hydrogen (secondary N) is 1. The van der Waals surface area contributed by atoms with E-state index < -0.39 is 6.10 Å². The number of β-amino-alcohol motifs (C(OH)–C–C–N with tert-alkyl or cyclic N) is 1. The van der Waals surface area contributed by atoms with Gasteiger partial charge in [-0.05, 0) is 31.5 Å². The van der Waals surface area contributed by atoms with E-state index in [0.717, 1.165) is 25.1 Å². The average molecular weight is 366 g/mol. The van der Waals surface area contributed by atoms with E-state index in [0.29, 0.717) is 33.9 Å². The topological polar surface area (TPSA) is 57.6 Å². The Morgan fingerprint density at radius 1 is 1.21 bits per heavy atom. The highest BCUT2D eigenvalue weighted by Crippen LogP contribution is 2.48. The summed E-state index contributed by atoms with van der Waals surface area (Å²) in [7, 11) is 0. The molecule has 126 valence electrons. The second-order valence-electron chi connectivity index (χ2n) is 6.04. The molecule has 7 heteroatoms. The molecule has 0 unspecified atom stereocenters. The zero-order valence-corrected chi connectivity index (χ0v) is 14.4. The molecule has 1 fully saturated rings. The van der Waals surface area contributed by atoms with Gasteiger partial charge in [0.25, 0.3) is 0 Å². The van der Waals surface area contributed by atoms with E-state index in [-0.39, 0.29) is 6.04 Å². The Morgan fingerprint density at radius 2 is 2.04 bits per heavy atom. The third-order valence-electron chi connectivity index (χ3n) is 4.41. The summed E-state index contributed by atoms with van der Waals surface area (Å²) in [6.45, 7) is 1.44. The fraction of sp³-hybridized carbons (Fsp3) is 0.353. The average Bonchev–Trinajstić information content (AvgIpc) is 2.77. The summed E-state index contributed by atoms with van der Waals surface area (Å²) < 4.78 is 5.96. The lowest BCUT2D eigenvalue weighted by molar-refractivity contribution is 0.146. The van der Waals surface area contributed by atoms with Crippen molar-refractivity contribution in [1.82, 2.24) is 10.3 Å². The van der Waals surface area contributed by atoms with Gasteiger partial charge in [-0.1, -0.05) is 23.2 Å². The number of halogens is 2. The van der Waals surface area contributed by atoms with Crippen LogP contribution < -0.4 is 15.0 Å². The van der Waals surface area contributed by atoms with Crippen LogP contribution in [0.25, 0.3) is 0 Å². The first-order valence-electron chi connectivity index (χ1n) is 7.94. The van der Waals surface area contributed by atoms with E-state index >= 15 is 0 Å². The summed E-state index contributed by atoms with van der Waals surface area (Å²) in [6, 6.07) is 7.13. The quantitative estimate of drug-likeness (QED) is 0.805. The number of pyridine rings is 1. The van der Waals surface area contributed by atoms with Gasteiger partial charge in [-0.2, -0.15) is 0 Å². The molecule has 1 saturated heterocycles. The highest BCUT2D eigenvalue weighted by atomic mass is 35.5. The number of ether oxygens (including phenoxy) is 1. The first-order valence-corrected chi connectivity index (χ1v) is 8.70. The number of hydrogen-bond acceptors (Lipinski definition) is 5. The first kappa shape index (κ1) is 16.0. The second kappa shape index (κ2) is 6.41. The van der Waals surface area contributed by atoms with Crippen molar-refractivity contribution in [1.29, 1.82) is 0 Å². The fourth-order valence-electron chi connectivity index (χ4n) is 3.32. The smallest absolute Gasteiger partial charge is 0.177 e. The number of aliphatic hydroxyl groups is 1. The van der Waals surface area contributed by atoms with Gasteiger partial charge in [0.2, 0.25) is 0 Å². The van der Waals surface area contributed by atoms with E-state index in [9.17, 15) is 5.11 Å².